The van der Waals surface area contributed by atoms with Gasteiger partial charge in [-0.2, -0.15) is 5.26 Å². The number of piperidine rings is 1. The molecule has 0 bridgehead atoms. The van der Waals surface area contributed by atoms with Crippen LogP contribution in [0, 0.1) is 17.2 Å². The number of likely N-dealkylation sites (tertiary alicyclic amines) is 1. The molecule has 134 valence electrons. The highest BCUT2D eigenvalue weighted by Gasteiger charge is 2.25. The number of nitriles is 1. The Morgan fingerprint density at radius 2 is 2.04 bits per heavy atom. The number of nitrogens with zero attached hydrogens (tertiary/aromatic N) is 2. The van der Waals surface area contributed by atoms with Gasteiger partial charge in [-0.15, -0.1) is 0 Å². The molecule has 1 amide bonds. The highest BCUT2D eigenvalue weighted by molar-refractivity contribution is 9.10. The van der Waals surface area contributed by atoms with E-state index in [2.05, 4.69) is 44.3 Å². The van der Waals surface area contributed by atoms with Crippen molar-refractivity contribution in [1.29, 1.82) is 5.26 Å². The van der Waals surface area contributed by atoms with Crippen LogP contribution in [-0.4, -0.2) is 23.9 Å². The van der Waals surface area contributed by atoms with Crippen molar-refractivity contribution in [3.05, 3.63) is 64.1 Å². The van der Waals surface area contributed by atoms with Crippen molar-refractivity contribution in [2.45, 2.75) is 25.8 Å². The molecular weight excluding hydrogens is 390 g/mol. The van der Waals surface area contributed by atoms with E-state index >= 15 is 0 Å². The zero-order valence-corrected chi connectivity index (χ0v) is 16.2. The van der Waals surface area contributed by atoms with Crippen LogP contribution < -0.4 is 5.32 Å². The average Bonchev–Trinajstić information content (AvgIpc) is 2.64. The Balaban J connectivity index is 1.56. The smallest absolute Gasteiger partial charge is 0.228 e. The number of amides is 1. The predicted octanol–water partition coefficient (Wildman–Crippen LogP) is 4.37. The molecule has 2 aromatic carbocycles. The fraction of sp³-hybridized carbons (Fsp3) is 0.333. The van der Waals surface area contributed by atoms with Gasteiger partial charge in [0.2, 0.25) is 5.91 Å². The van der Waals surface area contributed by atoms with Crippen LogP contribution in [0.15, 0.2) is 53.0 Å². The van der Waals surface area contributed by atoms with Crippen molar-refractivity contribution in [2.75, 3.05) is 18.4 Å². The summed E-state index contributed by atoms with van der Waals surface area (Å²) in [5, 5.41) is 11.7. The molecule has 1 unspecified atom stereocenters. The third kappa shape index (κ3) is 5.17. The van der Waals surface area contributed by atoms with Gasteiger partial charge < -0.3 is 5.32 Å². The number of benzene rings is 2. The molecule has 1 N–H and O–H groups in total. The summed E-state index contributed by atoms with van der Waals surface area (Å²) in [4.78, 5) is 15.0. The lowest BCUT2D eigenvalue weighted by molar-refractivity contribution is -0.121. The molecule has 1 heterocycles. The molecule has 4 nitrogen and oxygen atoms in total. The molecule has 0 saturated carbocycles. The molecule has 1 aliphatic heterocycles. The first kappa shape index (κ1) is 18.6. The van der Waals surface area contributed by atoms with Gasteiger partial charge in [-0.25, -0.2) is 0 Å². The van der Waals surface area contributed by atoms with Gasteiger partial charge in [0.1, 0.15) is 0 Å². The number of nitrogens with one attached hydrogen (secondary N) is 1. The molecular formula is C21H22BrN3O. The molecule has 2 aromatic rings. The van der Waals surface area contributed by atoms with Crippen LogP contribution in [0.4, 0.5) is 5.69 Å². The van der Waals surface area contributed by atoms with E-state index in [0.717, 1.165) is 48.2 Å². The second-order valence-corrected chi connectivity index (χ2v) is 7.64. The van der Waals surface area contributed by atoms with Crippen LogP contribution in [0.2, 0.25) is 0 Å². The van der Waals surface area contributed by atoms with Crippen LogP contribution in [0.1, 0.15) is 24.0 Å². The first-order valence-corrected chi connectivity index (χ1v) is 9.67. The third-order valence-electron chi connectivity index (χ3n) is 4.68. The molecule has 5 heteroatoms. The minimum atomic E-state index is 0.00897. The summed E-state index contributed by atoms with van der Waals surface area (Å²) in [6.45, 7) is 2.68. The second-order valence-electron chi connectivity index (χ2n) is 6.73. The number of rotatable bonds is 5. The molecule has 0 spiro atoms. The van der Waals surface area contributed by atoms with Gasteiger partial charge in [0, 0.05) is 23.2 Å². The van der Waals surface area contributed by atoms with Gasteiger partial charge >= 0.3 is 0 Å². The molecule has 26 heavy (non-hydrogen) atoms. The molecule has 1 fully saturated rings. The maximum atomic E-state index is 12.6. The Labute approximate surface area is 162 Å². The molecule has 1 aliphatic rings. The van der Waals surface area contributed by atoms with Crippen molar-refractivity contribution in [2.24, 2.45) is 5.92 Å². The monoisotopic (exact) mass is 411 g/mol. The van der Waals surface area contributed by atoms with Gasteiger partial charge in [0.05, 0.1) is 18.4 Å². The first-order chi connectivity index (χ1) is 12.6. The van der Waals surface area contributed by atoms with E-state index in [4.69, 9.17) is 5.26 Å². The van der Waals surface area contributed by atoms with Crippen LogP contribution >= 0.6 is 15.9 Å². The average molecular weight is 412 g/mol. The Kier molecular flexibility index (Phi) is 6.43. The van der Waals surface area contributed by atoms with Crippen molar-refractivity contribution >= 4 is 27.5 Å². The lowest BCUT2D eigenvalue weighted by atomic mass is 9.96. The van der Waals surface area contributed by atoms with Crippen molar-refractivity contribution in [1.82, 2.24) is 4.90 Å². The maximum Gasteiger partial charge on any atom is 0.228 e. The zero-order chi connectivity index (χ0) is 18.4. The van der Waals surface area contributed by atoms with Gasteiger partial charge in [0.25, 0.3) is 0 Å². The van der Waals surface area contributed by atoms with Gasteiger partial charge in [-0.3, -0.25) is 9.69 Å². The van der Waals surface area contributed by atoms with E-state index < -0.39 is 0 Å². The van der Waals surface area contributed by atoms with Crippen LogP contribution in [-0.2, 0) is 17.8 Å². The third-order valence-corrected chi connectivity index (χ3v) is 5.17. The normalized spacial score (nSPS) is 17.5. The van der Waals surface area contributed by atoms with Gasteiger partial charge in [0.15, 0.2) is 0 Å². The topological polar surface area (TPSA) is 56.1 Å². The molecule has 1 atom stereocenters. The fourth-order valence-electron chi connectivity index (χ4n) is 3.35. The number of hydrogen-bond acceptors (Lipinski definition) is 3. The lowest BCUT2D eigenvalue weighted by Crippen LogP contribution is -2.40. The Morgan fingerprint density at radius 3 is 2.77 bits per heavy atom. The highest BCUT2D eigenvalue weighted by atomic mass is 79.9. The number of halogens is 1. The number of anilines is 1. The van der Waals surface area contributed by atoms with Crippen molar-refractivity contribution < 1.29 is 4.79 Å². The van der Waals surface area contributed by atoms with E-state index in [-0.39, 0.29) is 11.8 Å². The van der Waals surface area contributed by atoms with E-state index in [1.807, 2.05) is 36.4 Å². The summed E-state index contributed by atoms with van der Waals surface area (Å²) in [5.41, 5.74) is 3.01. The van der Waals surface area contributed by atoms with Crippen LogP contribution in [0.25, 0.3) is 0 Å². The van der Waals surface area contributed by atoms with Gasteiger partial charge in [-0.1, -0.05) is 40.2 Å². The van der Waals surface area contributed by atoms with Crippen molar-refractivity contribution in [3.63, 3.8) is 0 Å². The minimum absolute atomic E-state index is 0.00897. The highest BCUT2D eigenvalue weighted by Crippen LogP contribution is 2.22. The van der Waals surface area contributed by atoms with Crippen LogP contribution in [0.5, 0.6) is 0 Å². The standard InChI is InChI=1S/C21H22BrN3O/c22-19-5-1-3-17(13-19)14-25-12-2-4-18(15-25)21(26)24-20-8-6-16(7-9-20)10-11-23/h1,3,5-9,13,18H,2,4,10,12,14-15H2,(H,24,26). The van der Waals surface area contributed by atoms with Crippen LogP contribution in [0.3, 0.4) is 0 Å². The lowest BCUT2D eigenvalue weighted by Gasteiger charge is -2.32. The van der Waals surface area contributed by atoms with E-state index in [0.29, 0.717) is 6.42 Å². The zero-order valence-electron chi connectivity index (χ0n) is 14.6. The summed E-state index contributed by atoms with van der Waals surface area (Å²) in [7, 11) is 0. The molecule has 0 aliphatic carbocycles. The summed E-state index contributed by atoms with van der Waals surface area (Å²) in [6.07, 6.45) is 2.35. The predicted molar refractivity (Wildman–Crippen MR) is 107 cm³/mol. The quantitative estimate of drug-likeness (QED) is 0.794. The number of carbonyl (C=O) groups excluding carboxylic acids is 1. The Bertz CT molecular complexity index is 798. The molecule has 0 aromatic heterocycles. The second kappa shape index (κ2) is 8.98. The van der Waals surface area contributed by atoms with Gasteiger partial charge in [-0.05, 0) is 54.8 Å². The molecule has 1 saturated heterocycles. The van der Waals surface area contributed by atoms with E-state index in [1.165, 1.54) is 5.56 Å². The number of carbonyl (C=O) groups is 1. The van der Waals surface area contributed by atoms with E-state index in [1.54, 1.807) is 0 Å². The largest absolute Gasteiger partial charge is 0.326 e. The maximum absolute atomic E-state index is 12.6. The number of hydrogen-bond donors (Lipinski definition) is 1. The Hall–Kier alpha value is -2.16. The first-order valence-electron chi connectivity index (χ1n) is 8.87. The summed E-state index contributed by atoms with van der Waals surface area (Å²) in [6, 6.07) is 18.0. The Morgan fingerprint density at radius 1 is 1.23 bits per heavy atom. The summed E-state index contributed by atoms with van der Waals surface area (Å²) < 4.78 is 1.08. The minimum Gasteiger partial charge on any atom is -0.326 e. The summed E-state index contributed by atoms with van der Waals surface area (Å²) in [5.74, 6) is 0.0895. The van der Waals surface area contributed by atoms with E-state index in [9.17, 15) is 4.79 Å². The SMILES string of the molecule is N#CCc1ccc(NC(=O)C2CCCN(Cc3cccc(Br)c3)C2)cc1. The summed E-state index contributed by atoms with van der Waals surface area (Å²) >= 11 is 3.51. The fourth-order valence-corrected chi connectivity index (χ4v) is 3.79. The van der Waals surface area contributed by atoms with Crippen molar-refractivity contribution in [3.8, 4) is 6.07 Å². The molecule has 0 radical (unpaired) electrons. The molecule has 3 rings (SSSR count).